The maximum absolute atomic E-state index is 4.35. The summed E-state index contributed by atoms with van der Waals surface area (Å²) in [5.74, 6) is 0.773. The summed E-state index contributed by atoms with van der Waals surface area (Å²) in [6, 6.07) is 2.72. The van der Waals surface area contributed by atoms with Gasteiger partial charge in [-0.2, -0.15) is 5.10 Å². The van der Waals surface area contributed by atoms with E-state index in [0.29, 0.717) is 6.04 Å². The van der Waals surface area contributed by atoms with Gasteiger partial charge in [-0.3, -0.25) is 4.68 Å². The van der Waals surface area contributed by atoms with Crippen molar-refractivity contribution in [3.8, 4) is 0 Å². The van der Waals surface area contributed by atoms with Gasteiger partial charge >= 0.3 is 0 Å². The van der Waals surface area contributed by atoms with Crippen LogP contribution in [0.3, 0.4) is 0 Å². The lowest BCUT2D eigenvalue weighted by molar-refractivity contribution is 0.350. The first-order chi connectivity index (χ1) is 7.58. The third-order valence-corrected chi connectivity index (χ3v) is 3.46. The number of aryl methyl sites for hydroxylation is 2. The molecule has 3 heteroatoms. The van der Waals surface area contributed by atoms with Gasteiger partial charge in [-0.05, 0) is 25.8 Å². The van der Waals surface area contributed by atoms with E-state index in [1.54, 1.807) is 0 Å². The van der Waals surface area contributed by atoms with E-state index in [9.17, 15) is 0 Å². The highest BCUT2D eigenvalue weighted by Crippen LogP contribution is 2.13. The first-order valence-corrected chi connectivity index (χ1v) is 6.31. The lowest BCUT2D eigenvalue weighted by Gasteiger charge is -2.22. The van der Waals surface area contributed by atoms with Gasteiger partial charge in [0.15, 0.2) is 0 Å². The third-order valence-electron chi connectivity index (χ3n) is 3.46. The Balaban J connectivity index is 2.48. The fourth-order valence-corrected chi connectivity index (χ4v) is 2.26. The Bertz CT molecular complexity index is 313. The van der Waals surface area contributed by atoms with Crippen molar-refractivity contribution in [2.24, 2.45) is 13.0 Å². The van der Waals surface area contributed by atoms with E-state index in [0.717, 1.165) is 18.2 Å². The summed E-state index contributed by atoms with van der Waals surface area (Å²) in [6.07, 6.45) is 2.49. The molecule has 0 fully saturated rings. The average Bonchev–Trinajstić information content (AvgIpc) is 2.56. The first-order valence-electron chi connectivity index (χ1n) is 6.31. The van der Waals surface area contributed by atoms with Gasteiger partial charge < -0.3 is 5.32 Å². The molecule has 1 N–H and O–H groups in total. The highest BCUT2D eigenvalue weighted by atomic mass is 15.3. The molecule has 0 spiro atoms. The first kappa shape index (κ1) is 13.2. The Kier molecular flexibility index (Phi) is 5.00. The third kappa shape index (κ3) is 3.34. The molecule has 3 nitrogen and oxygen atoms in total. The largest absolute Gasteiger partial charge is 0.308 e. The summed E-state index contributed by atoms with van der Waals surface area (Å²) in [5, 5.41) is 7.95. The van der Waals surface area contributed by atoms with Crippen molar-refractivity contribution in [1.82, 2.24) is 15.1 Å². The minimum Gasteiger partial charge on any atom is -0.308 e. The van der Waals surface area contributed by atoms with Crippen LogP contribution in [-0.4, -0.2) is 15.8 Å². The van der Waals surface area contributed by atoms with Crippen molar-refractivity contribution in [2.45, 2.75) is 53.1 Å². The monoisotopic (exact) mass is 223 g/mol. The second-order valence-electron chi connectivity index (χ2n) is 4.65. The van der Waals surface area contributed by atoms with Crippen LogP contribution >= 0.6 is 0 Å². The van der Waals surface area contributed by atoms with Crippen LogP contribution in [0, 0.1) is 12.8 Å². The van der Waals surface area contributed by atoms with Gasteiger partial charge in [-0.1, -0.05) is 26.7 Å². The van der Waals surface area contributed by atoms with Crippen LogP contribution in [-0.2, 0) is 13.6 Å². The van der Waals surface area contributed by atoms with Crippen molar-refractivity contribution < 1.29 is 0 Å². The van der Waals surface area contributed by atoms with Crippen LogP contribution in [0.15, 0.2) is 6.07 Å². The Morgan fingerprint density at radius 2 is 2.00 bits per heavy atom. The van der Waals surface area contributed by atoms with Crippen molar-refractivity contribution in [3.05, 3.63) is 17.5 Å². The standard InChI is InChI=1S/C13H25N3/c1-6-12(7-2)11(4)14-9-13-8-10(3)15-16(13)5/h8,11-12,14H,6-7,9H2,1-5H3. The van der Waals surface area contributed by atoms with E-state index in [-0.39, 0.29) is 0 Å². The van der Waals surface area contributed by atoms with Crippen LogP contribution in [0.25, 0.3) is 0 Å². The number of nitrogens with zero attached hydrogens (tertiary/aromatic N) is 2. The van der Waals surface area contributed by atoms with E-state index in [4.69, 9.17) is 0 Å². The van der Waals surface area contributed by atoms with Crippen LogP contribution in [0.1, 0.15) is 45.0 Å². The molecule has 0 aliphatic carbocycles. The van der Waals surface area contributed by atoms with Crippen LogP contribution < -0.4 is 5.32 Å². The van der Waals surface area contributed by atoms with Gasteiger partial charge in [0.1, 0.15) is 0 Å². The summed E-state index contributed by atoms with van der Waals surface area (Å²) in [4.78, 5) is 0. The zero-order valence-electron chi connectivity index (χ0n) is 11.2. The Labute approximate surface area is 99.2 Å². The Hall–Kier alpha value is -0.830. The van der Waals surface area contributed by atoms with Crippen molar-refractivity contribution in [1.29, 1.82) is 0 Å². The molecule has 1 atom stereocenters. The number of hydrogen-bond donors (Lipinski definition) is 1. The highest BCUT2D eigenvalue weighted by Gasteiger charge is 2.13. The van der Waals surface area contributed by atoms with E-state index in [1.807, 2.05) is 18.7 Å². The molecular weight excluding hydrogens is 198 g/mol. The second kappa shape index (κ2) is 6.04. The quantitative estimate of drug-likeness (QED) is 0.803. The summed E-state index contributed by atoms with van der Waals surface area (Å²) in [6.45, 7) is 9.75. The minimum atomic E-state index is 0.574. The molecule has 1 rings (SSSR count). The summed E-state index contributed by atoms with van der Waals surface area (Å²) in [7, 11) is 2.01. The maximum atomic E-state index is 4.35. The van der Waals surface area contributed by atoms with E-state index in [2.05, 4.69) is 37.3 Å². The summed E-state index contributed by atoms with van der Waals surface area (Å²) < 4.78 is 1.96. The number of hydrogen-bond acceptors (Lipinski definition) is 2. The molecule has 1 heterocycles. The number of nitrogens with one attached hydrogen (secondary N) is 1. The minimum absolute atomic E-state index is 0.574. The van der Waals surface area contributed by atoms with E-state index < -0.39 is 0 Å². The lowest BCUT2D eigenvalue weighted by Crippen LogP contribution is -2.33. The number of rotatable bonds is 6. The fourth-order valence-electron chi connectivity index (χ4n) is 2.26. The molecule has 0 aliphatic heterocycles. The maximum Gasteiger partial charge on any atom is 0.0597 e. The molecular formula is C13H25N3. The zero-order chi connectivity index (χ0) is 12.1. The zero-order valence-corrected chi connectivity index (χ0v) is 11.2. The molecule has 0 amide bonds. The predicted molar refractivity (Wildman–Crippen MR) is 68.3 cm³/mol. The van der Waals surface area contributed by atoms with Crippen LogP contribution in [0.5, 0.6) is 0 Å². The molecule has 16 heavy (non-hydrogen) atoms. The van der Waals surface area contributed by atoms with Gasteiger partial charge in [0.25, 0.3) is 0 Å². The van der Waals surface area contributed by atoms with Crippen molar-refractivity contribution in [3.63, 3.8) is 0 Å². The van der Waals surface area contributed by atoms with Crippen LogP contribution in [0.2, 0.25) is 0 Å². The van der Waals surface area contributed by atoms with Crippen molar-refractivity contribution >= 4 is 0 Å². The van der Waals surface area contributed by atoms with Crippen molar-refractivity contribution in [2.75, 3.05) is 0 Å². The van der Waals surface area contributed by atoms with Gasteiger partial charge in [0.2, 0.25) is 0 Å². The highest BCUT2D eigenvalue weighted by molar-refractivity contribution is 5.08. The molecule has 1 unspecified atom stereocenters. The van der Waals surface area contributed by atoms with Gasteiger partial charge in [0.05, 0.1) is 11.4 Å². The van der Waals surface area contributed by atoms with Gasteiger partial charge in [-0.15, -0.1) is 0 Å². The smallest absolute Gasteiger partial charge is 0.0597 e. The van der Waals surface area contributed by atoms with E-state index >= 15 is 0 Å². The molecule has 0 aliphatic rings. The fraction of sp³-hybridized carbons (Fsp3) is 0.769. The molecule has 0 radical (unpaired) electrons. The lowest BCUT2D eigenvalue weighted by atomic mass is 9.95. The molecule has 0 saturated heterocycles. The average molecular weight is 223 g/mol. The molecule has 0 aromatic carbocycles. The predicted octanol–water partition coefficient (Wildman–Crippen LogP) is 2.64. The molecule has 92 valence electrons. The molecule has 0 saturated carbocycles. The second-order valence-corrected chi connectivity index (χ2v) is 4.65. The van der Waals surface area contributed by atoms with Crippen LogP contribution in [0.4, 0.5) is 0 Å². The van der Waals surface area contributed by atoms with Gasteiger partial charge in [0, 0.05) is 19.6 Å². The Morgan fingerprint density at radius 1 is 1.38 bits per heavy atom. The van der Waals surface area contributed by atoms with E-state index in [1.165, 1.54) is 18.5 Å². The number of aromatic nitrogens is 2. The Morgan fingerprint density at radius 3 is 2.44 bits per heavy atom. The van der Waals surface area contributed by atoms with Gasteiger partial charge in [-0.25, -0.2) is 0 Å². The molecule has 1 aromatic heterocycles. The normalized spacial score (nSPS) is 13.4. The topological polar surface area (TPSA) is 29.9 Å². The molecule has 1 aromatic rings. The SMILES string of the molecule is CCC(CC)C(C)NCc1cc(C)nn1C. The molecule has 0 bridgehead atoms. The summed E-state index contributed by atoms with van der Waals surface area (Å²) >= 11 is 0. The summed E-state index contributed by atoms with van der Waals surface area (Å²) in [5.41, 5.74) is 2.35.